The molecule has 2 rings (SSSR count). The molecule has 0 bridgehead atoms. The number of nitrogens with zero attached hydrogens (tertiary/aromatic N) is 2. The maximum absolute atomic E-state index is 12.4. The number of rotatable bonds is 7. The summed E-state index contributed by atoms with van der Waals surface area (Å²) in [4.78, 5) is 0. The molecule has 1 aromatic carbocycles. The van der Waals surface area contributed by atoms with Crippen molar-refractivity contribution in [2.24, 2.45) is 0 Å². The Morgan fingerprint density at radius 2 is 2.10 bits per heavy atom. The molecule has 0 radical (unpaired) electrons. The first-order valence-electron chi connectivity index (χ1n) is 6.88. The van der Waals surface area contributed by atoms with E-state index in [0.717, 1.165) is 12.1 Å². The molecule has 0 fully saturated rings. The summed E-state index contributed by atoms with van der Waals surface area (Å²) in [5.41, 5.74) is 1.76. The maximum Gasteiger partial charge on any atom is 0.387 e. The number of benzene rings is 1. The van der Waals surface area contributed by atoms with E-state index >= 15 is 0 Å². The lowest BCUT2D eigenvalue weighted by molar-refractivity contribution is -0.0505. The molecule has 114 valence electrons. The van der Waals surface area contributed by atoms with Gasteiger partial charge in [-0.05, 0) is 19.9 Å². The van der Waals surface area contributed by atoms with E-state index in [9.17, 15) is 8.78 Å². The number of nitrogens with one attached hydrogen (secondary N) is 1. The third-order valence-electron chi connectivity index (χ3n) is 3.26. The molecule has 1 heterocycles. The molecule has 0 saturated heterocycles. The van der Waals surface area contributed by atoms with Crippen LogP contribution < -0.4 is 10.1 Å². The van der Waals surface area contributed by atoms with Crippen LogP contribution in [-0.2, 0) is 13.1 Å². The minimum Gasteiger partial charge on any atom is -0.434 e. The van der Waals surface area contributed by atoms with E-state index in [1.807, 2.05) is 30.9 Å². The van der Waals surface area contributed by atoms with Crippen molar-refractivity contribution in [3.63, 3.8) is 0 Å². The predicted octanol–water partition coefficient (Wildman–Crippen LogP) is 3.36. The number of halogens is 2. The van der Waals surface area contributed by atoms with E-state index in [1.165, 1.54) is 0 Å². The number of aromatic nitrogens is 2. The third-order valence-corrected chi connectivity index (χ3v) is 3.26. The second-order valence-electron chi connectivity index (χ2n) is 4.72. The summed E-state index contributed by atoms with van der Waals surface area (Å²) in [5.74, 6) is 0.205. The molecule has 1 aromatic heterocycles. The molecule has 6 heteroatoms. The molecule has 0 aliphatic rings. The maximum atomic E-state index is 12.4. The Morgan fingerprint density at radius 1 is 1.33 bits per heavy atom. The van der Waals surface area contributed by atoms with Gasteiger partial charge in [0.05, 0.1) is 6.20 Å². The molecule has 1 unspecified atom stereocenters. The van der Waals surface area contributed by atoms with Gasteiger partial charge < -0.3 is 10.1 Å². The summed E-state index contributed by atoms with van der Waals surface area (Å²) in [7, 11) is 0. The van der Waals surface area contributed by atoms with Crippen molar-refractivity contribution in [1.82, 2.24) is 15.1 Å². The van der Waals surface area contributed by atoms with Gasteiger partial charge in [0, 0.05) is 36.5 Å². The zero-order chi connectivity index (χ0) is 15.2. The highest BCUT2D eigenvalue weighted by Gasteiger charge is 2.11. The number of alkyl halides is 2. The van der Waals surface area contributed by atoms with Crippen LogP contribution in [0.4, 0.5) is 8.78 Å². The first-order chi connectivity index (χ1) is 10.1. The van der Waals surface area contributed by atoms with Crippen LogP contribution in [0, 0.1) is 0 Å². The third kappa shape index (κ3) is 4.26. The largest absolute Gasteiger partial charge is 0.434 e. The highest BCUT2D eigenvalue weighted by molar-refractivity contribution is 5.33. The van der Waals surface area contributed by atoms with Crippen LogP contribution in [0.5, 0.6) is 5.75 Å². The summed E-state index contributed by atoms with van der Waals surface area (Å²) < 4.78 is 31.1. The van der Waals surface area contributed by atoms with E-state index in [0.29, 0.717) is 12.1 Å². The molecule has 0 aliphatic carbocycles. The number of ether oxygens (including phenoxy) is 1. The smallest absolute Gasteiger partial charge is 0.387 e. The Kier molecular flexibility index (Phi) is 5.27. The molecule has 0 saturated carbocycles. The summed E-state index contributed by atoms with van der Waals surface area (Å²) in [6.45, 7) is 2.48. The minimum atomic E-state index is -2.81. The second kappa shape index (κ2) is 7.17. The van der Waals surface area contributed by atoms with Crippen LogP contribution in [-0.4, -0.2) is 16.4 Å². The standard InChI is InChI=1S/C15H19F2N3O/c1-3-20-10-13(9-19-20)11(2)18-8-12-6-4-5-7-14(12)21-15(16)17/h4-7,9-11,15,18H,3,8H2,1-2H3. The number of hydrogen-bond donors (Lipinski definition) is 1. The van der Waals surface area contributed by atoms with Gasteiger partial charge in [-0.15, -0.1) is 0 Å². The molecule has 0 aliphatic heterocycles. The lowest BCUT2D eigenvalue weighted by Gasteiger charge is -2.15. The molecular weight excluding hydrogens is 276 g/mol. The summed E-state index contributed by atoms with van der Waals surface area (Å²) in [6.07, 6.45) is 3.78. The van der Waals surface area contributed by atoms with E-state index in [2.05, 4.69) is 15.2 Å². The van der Waals surface area contributed by atoms with Gasteiger partial charge in [0.1, 0.15) is 5.75 Å². The summed E-state index contributed by atoms with van der Waals surface area (Å²) in [5, 5.41) is 7.51. The van der Waals surface area contributed by atoms with Crippen molar-refractivity contribution in [2.75, 3.05) is 0 Å². The monoisotopic (exact) mass is 295 g/mol. The predicted molar refractivity (Wildman–Crippen MR) is 76.2 cm³/mol. The van der Waals surface area contributed by atoms with E-state index in [4.69, 9.17) is 0 Å². The Labute approximate surface area is 122 Å². The van der Waals surface area contributed by atoms with Crippen LogP contribution in [0.15, 0.2) is 36.7 Å². The fraction of sp³-hybridized carbons (Fsp3) is 0.400. The van der Waals surface area contributed by atoms with E-state index in [1.54, 1.807) is 24.3 Å². The topological polar surface area (TPSA) is 39.1 Å². The SMILES string of the molecule is CCn1cc(C(C)NCc2ccccc2OC(F)F)cn1. The molecule has 4 nitrogen and oxygen atoms in total. The molecule has 1 N–H and O–H groups in total. The Morgan fingerprint density at radius 3 is 2.76 bits per heavy atom. The number of aryl methyl sites for hydroxylation is 1. The Bertz CT molecular complexity index is 572. The van der Waals surface area contributed by atoms with Gasteiger partial charge in [-0.3, -0.25) is 4.68 Å². The van der Waals surface area contributed by atoms with Crippen LogP contribution in [0.3, 0.4) is 0 Å². The van der Waals surface area contributed by atoms with Gasteiger partial charge in [0.25, 0.3) is 0 Å². The van der Waals surface area contributed by atoms with Gasteiger partial charge in [-0.25, -0.2) is 0 Å². The zero-order valence-electron chi connectivity index (χ0n) is 12.1. The highest BCUT2D eigenvalue weighted by Crippen LogP contribution is 2.21. The lowest BCUT2D eigenvalue weighted by atomic mass is 10.1. The first-order valence-corrected chi connectivity index (χ1v) is 6.88. The van der Waals surface area contributed by atoms with Crippen molar-refractivity contribution < 1.29 is 13.5 Å². The van der Waals surface area contributed by atoms with Gasteiger partial charge in [-0.1, -0.05) is 18.2 Å². The van der Waals surface area contributed by atoms with Crippen LogP contribution in [0.2, 0.25) is 0 Å². The molecular formula is C15H19F2N3O. The average Bonchev–Trinajstić information content (AvgIpc) is 2.94. The van der Waals surface area contributed by atoms with Crippen molar-refractivity contribution in [3.8, 4) is 5.75 Å². The molecule has 21 heavy (non-hydrogen) atoms. The zero-order valence-corrected chi connectivity index (χ0v) is 12.1. The van der Waals surface area contributed by atoms with Crippen LogP contribution >= 0.6 is 0 Å². The normalized spacial score (nSPS) is 12.6. The fourth-order valence-electron chi connectivity index (χ4n) is 2.02. The highest BCUT2D eigenvalue weighted by atomic mass is 19.3. The van der Waals surface area contributed by atoms with Gasteiger partial charge in [0.15, 0.2) is 0 Å². The van der Waals surface area contributed by atoms with E-state index < -0.39 is 6.61 Å². The second-order valence-corrected chi connectivity index (χ2v) is 4.72. The van der Waals surface area contributed by atoms with Gasteiger partial charge in [0.2, 0.25) is 0 Å². The average molecular weight is 295 g/mol. The summed E-state index contributed by atoms with van der Waals surface area (Å²) in [6, 6.07) is 6.87. The molecule has 1 atom stereocenters. The van der Waals surface area contributed by atoms with Crippen LogP contribution in [0.25, 0.3) is 0 Å². The molecule has 0 spiro atoms. The summed E-state index contributed by atoms with van der Waals surface area (Å²) >= 11 is 0. The Hall–Kier alpha value is -1.95. The van der Waals surface area contributed by atoms with E-state index in [-0.39, 0.29) is 11.8 Å². The van der Waals surface area contributed by atoms with Crippen molar-refractivity contribution >= 4 is 0 Å². The number of para-hydroxylation sites is 1. The lowest BCUT2D eigenvalue weighted by Crippen LogP contribution is -2.18. The minimum absolute atomic E-state index is 0.0740. The number of hydrogen-bond acceptors (Lipinski definition) is 3. The van der Waals surface area contributed by atoms with Crippen molar-refractivity contribution in [2.45, 2.75) is 39.6 Å². The molecule has 2 aromatic rings. The van der Waals surface area contributed by atoms with Crippen molar-refractivity contribution in [1.29, 1.82) is 0 Å². The fourth-order valence-corrected chi connectivity index (χ4v) is 2.02. The van der Waals surface area contributed by atoms with Crippen molar-refractivity contribution in [3.05, 3.63) is 47.8 Å². The van der Waals surface area contributed by atoms with Gasteiger partial charge in [-0.2, -0.15) is 13.9 Å². The van der Waals surface area contributed by atoms with Gasteiger partial charge >= 0.3 is 6.61 Å². The Balaban J connectivity index is 1.99. The first kappa shape index (κ1) is 15.4. The van der Waals surface area contributed by atoms with Crippen LogP contribution in [0.1, 0.15) is 31.0 Å². The molecule has 0 amide bonds. The quantitative estimate of drug-likeness (QED) is 0.851.